The summed E-state index contributed by atoms with van der Waals surface area (Å²) >= 11 is 4.40. The first-order valence-electron chi connectivity index (χ1n) is 9.45. The second-order valence-corrected chi connectivity index (χ2v) is 11.7. The zero-order valence-corrected chi connectivity index (χ0v) is 21.6. The van der Waals surface area contributed by atoms with Crippen molar-refractivity contribution in [1.29, 1.82) is 0 Å². The van der Waals surface area contributed by atoms with Gasteiger partial charge in [0.2, 0.25) is 0 Å². The first kappa shape index (κ1) is 21.6. The third-order valence-electron chi connectivity index (χ3n) is 5.36. The average molecular weight is 672 g/mol. The Morgan fingerprint density at radius 1 is 1.06 bits per heavy atom. The molecule has 10 heteroatoms. The summed E-state index contributed by atoms with van der Waals surface area (Å²) in [5.41, 5.74) is 2.55. The van der Waals surface area contributed by atoms with Crippen LogP contribution in [-0.4, -0.2) is 17.3 Å². The van der Waals surface area contributed by atoms with E-state index in [9.17, 15) is 18.5 Å². The Morgan fingerprint density at radius 3 is 2.47 bits per heavy atom. The van der Waals surface area contributed by atoms with Crippen molar-refractivity contribution >= 4 is 71.8 Å². The largest absolute Gasteiger partial charge is 0.455 e. The maximum atomic E-state index is 13.5. The number of aryl methyl sites for hydroxylation is 1. The van der Waals surface area contributed by atoms with Crippen LogP contribution in [0.3, 0.4) is 0 Å². The van der Waals surface area contributed by atoms with Crippen molar-refractivity contribution < 1.29 is 18.1 Å². The molecular weight excluding hydrogens is 658 g/mol. The molecule has 0 amide bonds. The fourth-order valence-electron chi connectivity index (χ4n) is 3.88. The lowest BCUT2D eigenvalue weighted by atomic mass is 10.0. The molecule has 4 aromatic rings. The predicted molar refractivity (Wildman–Crippen MR) is 137 cm³/mol. The summed E-state index contributed by atoms with van der Waals surface area (Å²) in [6.45, 7) is 1.87. The topological polar surface area (TPSA) is 91.4 Å². The fraction of sp³-hybridized carbons (Fsp3) is 0.0909. The van der Waals surface area contributed by atoms with Crippen LogP contribution in [0.5, 0.6) is 11.5 Å². The summed E-state index contributed by atoms with van der Waals surface area (Å²) in [5.74, 6) is 0.914. The van der Waals surface area contributed by atoms with Gasteiger partial charge in [-0.05, 0) is 81.9 Å². The Balaban J connectivity index is 1.82. The predicted octanol–water partition coefficient (Wildman–Crippen LogP) is 6.00. The molecule has 0 fully saturated rings. The molecule has 0 N–H and O–H groups in total. The molecule has 0 radical (unpaired) electrons. The highest BCUT2D eigenvalue weighted by Crippen LogP contribution is 2.45. The van der Waals surface area contributed by atoms with Crippen LogP contribution in [0.2, 0.25) is 0 Å². The highest BCUT2D eigenvalue weighted by atomic mass is 127. The van der Waals surface area contributed by atoms with E-state index >= 15 is 0 Å². The summed E-state index contributed by atoms with van der Waals surface area (Å²) in [6.07, 6.45) is 2.00. The number of nitrogens with zero attached hydrogens (tertiary/aromatic N) is 2. The maximum Gasteiger partial charge on any atom is 0.275 e. The van der Waals surface area contributed by atoms with Crippen LogP contribution in [0, 0.1) is 24.2 Å². The minimum absolute atomic E-state index is 0.113. The summed E-state index contributed by atoms with van der Waals surface area (Å²) in [5, 5.41) is 12.2. The quantitative estimate of drug-likeness (QED) is 0.133. The number of hydrogen-bond donors (Lipinski definition) is 0. The first-order chi connectivity index (χ1) is 15.1. The monoisotopic (exact) mass is 672 g/mol. The average Bonchev–Trinajstić information content (AvgIpc) is 3.01. The number of benzene rings is 3. The Labute approximate surface area is 210 Å². The highest BCUT2D eigenvalue weighted by Gasteiger charge is 2.29. The molecule has 0 unspecified atom stereocenters. The Kier molecular flexibility index (Phi) is 5.21. The normalized spacial score (nSPS) is 12.8. The minimum atomic E-state index is -3.97. The number of nitro groups is 1. The Hall–Kier alpha value is -2.19. The molecule has 3 aromatic carbocycles. The van der Waals surface area contributed by atoms with Crippen molar-refractivity contribution in [3.8, 4) is 11.5 Å². The zero-order chi connectivity index (χ0) is 22.8. The van der Waals surface area contributed by atoms with Gasteiger partial charge in [0, 0.05) is 33.2 Å². The zero-order valence-electron chi connectivity index (χ0n) is 16.5. The fourth-order valence-corrected chi connectivity index (χ4v) is 7.33. The summed E-state index contributed by atoms with van der Waals surface area (Å²) in [7, 11) is -3.97. The summed E-state index contributed by atoms with van der Waals surface area (Å²) in [6, 6.07) is 13.1. The van der Waals surface area contributed by atoms with Crippen molar-refractivity contribution in [2.75, 3.05) is 0 Å². The number of nitro benzene ring substituents is 1. The smallest absolute Gasteiger partial charge is 0.275 e. The van der Waals surface area contributed by atoms with E-state index in [2.05, 4.69) is 45.2 Å². The highest BCUT2D eigenvalue weighted by molar-refractivity contribution is 14.1. The van der Waals surface area contributed by atoms with Gasteiger partial charge in [0.25, 0.3) is 15.7 Å². The number of aromatic nitrogens is 1. The lowest BCUT2D eigenvalue weighted by molar-refractivity contribution is -0.384. The van der Waals surface area contributed by atoms with Gasteiger partial charge < -0.3 is 4.74 Å². The van der Waals surface area contributed by atoms with Crippen LogP contribution >= 0.6 is 45.2 Å². The molecule has 0 aliphatic carbocycles. The van der Waals surface area contributed by atoms with Crippen molar-refractivity contribution in [3.05, 3.63) is 88.7 Å². The van der Waals surface area contributed by atoms with E-state index < -0.39 is 14.9 Å². The third-order valence-corrected chi connectivity index (χ3v) is 8.48. The van der Waals surface area contributed by atoms with Crippen LogP contribution in [0.15, 0.2) is 59.6 Å². The molecule has 0 bridgehead atoms. The van der Waals surface area contributed by atoms with Crippen LogP contribution in [0.25, 0.3) is 10.9 Å². The first-order valence-corrected chi connectivity index (χ1v) is 13.1. The number of fused-ring (bicyclic) bond motifs is 1. The molecular formula is C22H14I2N2O5S. The van der Waals surface area contributed by atoms with Crippen LogP contribution < -0.4 is 4.74 Å². The van der Waals surface area contributed by atoms with Gasteiger partial charge in [0.1, 0.15) is 11.5 Å². The second-order valence-electron chi connectivity index (χ2n) is 7.52. The van der Waals surface area contributed by atoms with Crippen molar-refractivity contribution in [3.63, 3.8) is 0 Å². The van der Waals surface area contributed by atoms with E-state index in [0.717, 1.165) is 27.8 Å². The Morgan fingerprint density at radius 2 is 1.78 bits per heavy atom. The van der Waals surface area contributed by atoms with E-state index in [1.165, 1.54) is 24.3 Å². The lowest BCUT2D eigenvalue weighted by Crippen LogP contribution is -2.12. The van der Waals surface area contributed by atoms with Crippen molar-refractivity contribution in [2.45, 2.75) is 18.2 Å². The molecule has 0 saturated carbocycles. The van der Waals surface area contributed by atoms with Gasteiger partial charge in [-0.3, -0.25) is 10.1 Å². The molecule has 0 atom stereocenters. The number of hydrogen-bond acceptors (Lipinski definition) is 5. The van der Waals surface area contributed by atoms with E-state index in [-0.39, 0.29) is 21.8 Å². The maximum absolute atomic E-state index is 13.5. The molecule has 5 rings (SSSR count). The molecule has 32 heavy (non-hydrogen) atoms. The molecule has 1 aliphatic rings. The number of ether oxygens (including phenoxy) is 1. The van der Waals surface area contributed by atoms with Gasteiger partial charge in [-0.1, -0.05) is 17.7 Å². The molecule has 0 saturated heterocycles. The van der Waals surface area contributed by atoms with Crippen molar-refractivity contribution in [1.82, 2.24) is 3.97 Å². The van der Waals surface area contributed by atoms with Crippen LogP contribution in [-0.2, 0) is 16.4 Å². The number of rotatable bonds is 3. The van der Waals surface area contributed by atoms with E-state index in [4.69, 9.17) is 4.74 Å². The van der Waals surface area contributed by atoms with Crippen LogP contribution in [0.4, 0.5) is 5.69 Å². The molecule has 7 nitrogen and oxygen atoms in total. The van der Waals surface area contributed by atoms with Gasteiger partial charge >= 0.3 is 0 Å². The lowest BCUT2D eigenvalue weighted by Gasteiger charge is -2.13. The van der Waals surface area contributed by atoms with Crippen LogP contribution in [0.1, 0.15) is 16.7 Å². The van der Waals surface area contributed by atoms with Gasteiger partial charge in [0.15, 0.2) is 0 Å². The van der Waals surface area contributed by atoms with E-state index in [1.54, 1.807) is 18.3 Å². The van der Waals surface area contributed by atoms with Gasteiger partial charge in [0.05, 0.1) is 25.0 Å². The summed E-state index contributed by atoms with van der Waals surface area (Å²) < 4.78 is 36.2. The number of halogens is 2. The number of non-ortho nitro benzene ring substituents is 1. The van der Waals surface area contributed by atoms with Gasteiger partial charge in [-0.2, -0.15) is 0 Å². The SMILES string of the molecule is Cc1ccc(S(=O)(=O)n2cc3c4c(cc([N+](=O)[O-])cc42)Oc2c(I)cc(I)cc2C3)cc1. The summed E-state index contributed by atoms with van der Waals surface area (Å²) in [4.78, 5) is 11.2. The van der Waals surface area contributed by atoms with Crippen molar-refractivity contribution in [2.24, 2.45) is 0 Å². The molecule has 2 heterocycles. The molecule has 0 spiro atoms. The van der Waals surface area contributed by atoms with Gasteiger partial charge in [-0.25, -0.2) is 12.4 Å². The van der Waals surface area contributed by atoms with E-state index in [0.29, 0.717) is 17.6 Å². The standard InChI is InChI=1S/C22H14I2N2O5S/c1-12-2-4-17(5-3-12)32(29,30)25-11-14-6-13-7-15(23)8-18(24)22(13)31-20-10-16(26(27)28)9-19(25)21(14)20/h2-5,7-11H,6H2,1H3. The second kappa shape index (κ2) is 7.70. The van der Waals surface area contributed by atoms with Gasteiger partial charge in [-0.15, -0.1) is 0 Å². The third kappa shape index (κ3) is 3.48. The Bertz CT molecular complexity index is 1540. The minimum Gasteiger partial charge on any atom is -0.455 e. The molecule has 1 aliphatic heterocycles. The van der Waals surface area contributed by atoms with E-state index in [1.807, 2.05) is 19.1 Å². The molecule has 1 aromatic heterocycles. The molecule has 162 valence electrons.